The van der Waals surface area contributed by atoms with E-state index in [0.717, 1.165) is 5.69 Å². The first-order chi connectivity index (χ1) is 13.9. The largest absolute Gasteiger partial charge is 0.388 e. The van der Waals surface area contributed by atoms with E-state index in [4.69, 9.17) is 10.5 Å². The highest BCUT2D eigenvalue weighted by molar-refractivity contribution is 7.19. The minimum atomic E-state index is -0.717. The van der Waals surface area contributed by atoms with Gasteiger partial charge in [0.25, 0.3) is 5.91 Å². The number of benzene rings is 1. The monoisotopic (exact) mass is 415 g/mol. The number of carbonyl (C=O) groups excluding carboxylic acids is 1. The first kappa shape index (κ1) is 20.9. The lowest BCUT2D eigenvalue weighted by molar-refractivity contribution is 0.100. The third-order valence-electron chi connectivity index (χ3n) is 4.37. The number of nitrogens with two attached hydrogens (primary N) is 1. The van der Waals surface area contributed by atoms with Gasteiger partial charge in [-0.1, -0.05) is 25.1 Å². The van der Waals surface area contributed by atoms with Crippen molar-refractivity contribution in [1.29, 1.82) is 0 Å². The molecule has 2 aromatic heterocycles. The molecule has 3 aromatic rings. The van der Waals surface area contributed by atoms with Crippen LogP contribution in [0.4, 0.5) is 15.2 Å². The number of methoxy groups -OCH3 is 1. The summed E-state index contributed by atoms with van der Waals surface area (Å²) in [6.45, 7) is 2.18. The minimum absolute atomic E-state index is 0.251. The first-order valence-electron chi connectivity index (χ1n) is 9.06. The average Bonchev–Trinajstić information content (AvgIpc) is 3.11. The van der Waals surface area contributed by atoms with Crippen LogP contribution in [-0.4, -0.2) is 23.1 Å². The zero-order valence-corrected chi connectivity index (χ0v) is 16.9. The molecule has 0 fully saturated rings. The summed E-state index contributed by atoms with van der Waals surface area (Å²) < 4.78 is 19.8. The van der Waals surface area contributed by atoms with E-state index in [1.807, 2.05) is 19.1 Å². The second-order valence-electron chi connectivity index (χ2n) is 6.45. The standard InChI is InChI=1S/C21H22FN3O3S/c1-3-17(26)12-7-8-14(16(22)9-12)18-10-15(20(23)27)21(29-18)25-19-6-4-5-13(24-19)11-28-2/h4-10,17,26H,3,11H2,1-2H3,(H2,23,27)(H,24,25). The van der Waals surface area contributed by atoms with E-state index in [1.165, 1.54) is 17.4 Å². The number of aliphatic hydroxyl groups is 1. The number of nitrogens with zero attached hydrogens (tertiary/aromatic N) is 1. The van der Waals surface area contributed by atoms with Gasteiger partial charge in [0, 0.05) is 17.6 Å². The number of carbonyl (C=O) groups is 1. The maximum atomic E-state index is 14.7. The molecule has 152 valence electrons. The number of rotatable bonds is 8. The van der Waals surface area contributed by atoms with Crippen LogP contribution in [-0.2, 0) is 11.3 Å². The Labute approximate surface area is 172 Å². The molecule has 0 aliphatic carbocycles. The van der Waals surface area contributed by atoms with Gasteiger partial charge in [-0.05, 0) is 36.2 Å². The molecule has 3 rings (SSSR count). The van der Waals surface area contributed by atoms with Crippen molar-refractivity contribution >= 4 is 28.1 Å². The number of aromatic nitrogens is 1. The van der Waals surface area contributed by atoms with Crippen LogP contribution in [0.1, 0.15) is 41.1 Å². The number of primary amides is 1. The van der Waals surface area contributed by atoms with Crippen molar-refractivity contribution in [3.8, 4) is 10.4 Å². The van der Waals surface area contributed by atoms with Gasteiger partial charge in [0.05, 0.1) is 24.0 Å². The molecule has 1 atom stereocenters. The summed E-state index contributed by atoms with van der Waals surface area (Å²) in [5.74, 6) is -0.571. The van der Waals surface area contributed by atoms with Crippen LogP contribution < -0.4 is 11.1 Å². The number of ether oxygens (including phenoxy) is 1. The van der Waals surface area contributed by atoms with Crippen molar-refractivity contribution in [2.45, 2.75) is 26.1 Å². The van der Waals surface area contributed by atoms with Crippen LogP contribution in [0.5, 0.6) is 0 Å². The Bertz CT molecular complexity index is 1020. The Morgan fingerprint density at radius 3 is 2.79 bits per heavy atom. The van der Waals surface area contributed by atoms with Crippen molar-refractivity contribution in [3.05, 3.63) is 65.1 Å². The van der Waals surface area contributed by atoms with Gasteiger partial charge in [-0.15, -0.1) is 11.3 Å². The Hall–Kier alpha value is -2.81. The number of nitrogens with one attached hydrogen (secondary N) is 1. The molecule has 0 aliphatic rings. The molecule has 6 nitrogen and oxygen atoms in total. The lowest BCUT2D eigenvalue weighted by Gasteiger charge is -2.09. The van der Waals surface area contributed by atoms with Gasteiger partial charge in [0.15, 0.2) is 0 Å². The van der Waals surface area contributed by atoms with Gasteiger partial charge in [0.2, 0.25) is 0 Å². The van der Waals surface area contributed by atoms with Crippen LogP contribution in [0.3, 0.4) is 0 Å². The second kappa shape index (κ2) is 9.13. The number of hydrogen-bond acceptors (Lipinski definition) is 6. The van der Waals surface area contributed by atoms with E-state index in [0.29, 0.717) is 39.9 Å². The predicted molar refractivity (Wildman–Crippen MR) is 112 cm³/mol. The van der Waals surface area contributed by atoms with Gasteiger partial charge in [0.1, 0.15) is 16.6 Å². The maximum absolute atomic E-state index is 14.7. The summed E-state index contributed by atoms with van der Waals surface area (Å²) >= 11 is 1.20. The van der Waals surface area contributed by atoms with Crippen molar-refractivity contribution < 1.29 is 19.0 Å². The molecule has 8 heteroatoms. The number of thiophene rings is 1. The molecule has 2 heterocycles. The molecule has 1 aromatic carbocycles. The fourth-order valence-electron chi connectivity index (χ4n) is 2.87. The number of aliphatic hydroxyl groups excluding tert-OH is 1. The van der Waals surface area contributed by atoms with Crippen molar-refractivity contribution in [1.82, 2.24) is 4.98 Å². The van der Waals surface area contributed by atoms with Crippen LogP contribution >= 0.6 is 11.3 Å². The summed E-state index contributed by atoms with van der Waals surface area (Å²) in [4.78, 5) is 16.9. The minimum Gasteiger partial charge on any atom is -0.388 e. The third-order valence-corrected chi connectivity index (χ3v) is 5.45. The zero-order chi connectivity index (χ0) is 21.0. The Kier molecular flexibility index (Phi) is 6.58. The van der Waals surface area contributed by atoms with E-state index in [2.05, 4.69) is 10.3 Å². The number of halogens is 1. The highest BCUT2D eigenvalue weighted by Crippen LogP contribution is 2.38. The fourth-order valence-corrected chi connectivity index (χ4v) is 3.96. The highest BCUT2D eigenvalue weighted by Gasteiger charge is 2.18. The fraction of sp³-hybridized carbons (Fsp3) is 0.238. The summed E-state index contributed by atoms with van der Waals surface area (Å²) in [6, 6.07) is 11.6. The molecule has 1 amide bonds. The molecule has 0 radical (unpaired) electrons. The third kappa shape index (κ3) is 4.79. The Morgan fingerprint density at radius 1 is 1.34 bits per heavy atom. The maximum Gasteiger partial charge on any atom is 0.251 e. The van der Waals surface area contributed by atoms with E-state index in [-0.39, 0.29) is 5.56 Å². The molecule has 0 aliphatic heterocycles. The SMILES string of the molecule is CCC(O)c1ccc(-c2cc(C(N)=O)c(Nc3cccc(COC)n3)s2)c(F)c1. The Balaban J connectivity index is 1.95. The number of amides is 1. The van der Waals surface area contributed by atoms with Gasteiger partial charge < -0.3 is 20.9 Å². The highest BCUT2D eigenvalue weighted by atomic mass is 32.1. The van der Waals surface area contributed by atoms with E-state index >= 15 is 0 Å². The molecule has 29 heavy (non-hydrogen) atoms. The second-order valence-corrected chi connectivity index (χ2v) is 7.51. The van der Waals surface area contributed by atoms with E-state index < -0.39 is 17.8 Å². The van der Waals surface area contributed by atoms with E-state index in [1.54, 1.807) is 31.4 Å². The molecular weight excluding hydrogens is 393 g/mol. The predicted octanol–water partition coefficient (Wildman–Crippen LogP) is 4.38. The van der Waals surface area contributed by atoms with Crippen LogP contribution in [0, 0.1) is 5.82 Å². The molecule has 0 spiro atoms. The molecule has 4 N–H and O–H groups in total. The topological polar surface area (TPSA) is 97.5 Å². The van der Waals surface area contributed by atoms with Gasteiger partial charge >= 0.3 is 0 Å². The quantitative estimate of drug-likeness (QED) is 0.507. The molecular formula is C21H22FN3O3S. The summed E-state index contributed by atoms with van der Waals surface area (Å²) in [7, 11) is 1.58. The van der Waals surface area contributed by atoms with Crippen molar-refractivity contribution in [2.75, 3.05) is 12.4 Å². The average molecular weight is 415 g/mol. The summed E-state index contributed by atoms with van der Waals surface area (Å²) in [6.07, 6.45) is -0.224. The molecule has 0 bridgehead atoms. The van der Waals surface area contributed by atoms with Gasteiger partial charge in [-0.25, -0.2) is 9.37 Å². The first-order valence-corrected chi connectivity index (χ1v) is 9.88. The molecule has 0 saturated heterocycles. The molecule has 0 saturated carbocycles. The van der Waals surface area contributed by atoms with Crippen LogP contribution in [0.15, 0.2) is 42.5 Å². The lowest BCUT2D eigenvalue weighted by Crippen LogP contribution is -2.11. The normalized spacial score (nSPS) is 12.0. The summed E-state index contributed by atoms with van der Waals surface area (Å²) in [5.41, 5.74) is 7.34. The van der Waals surface area contributed by atoms with Gasteiger partial charge in [-0.2, -0.15) is 0 Å². The zero-order valence-electron chi connectivity index (χ0n) is 16.1. The Morgan fingerprint density at radius 2 is 2.14 bits per heavy atom. The van der Waals surface area contributed by atoms with Crippen molar-refractivity contribution in [3.63, 3.8) is 0 Å². The number of anilines is 2. The smallest absolute Gasteiger partial charge is 0.251 e. The van der Waals surface area contributed by atoms with Crippen LogP contribution in [0.2, 0.25) is 0 Å². The number of hydrogen-bond donors (Lipinski definition) is 3. The lowest BCUT2D eigenvalue weighted by atomic mass is 10.0. The van der Waals surface area contributed by atoms with E-state index in [9.17, 15) is 14.3 Å². The summed E-state index contributed by atoms with van der Waals surface area (Å²) in [5, 5.41) is 13.5. The molecule has 1 unspecified atom stereocenters. The van der Waals surface area contributed by atoms with Crippen LogP contribution in [0.25, 0.3) is 10.4 Å². The van der Waals surface area contributed by atoms with Crippen molar-refractivity contribution in [2.24, 2.45) is 5.73 Å². The number of pyridine rings is 1. The van der Waals surface area contributed by atoms with Gasteiger partial charge in [-0.3, -0.25) is 4.79 Å².